The van der Waals surface area contributed by atoms with Crippen LogP contribution in [0.15, 0.2) is 72.8 Å². The lowest BCUT2D eigenvalue weighted by atomic mass is 10.1. The minimum absolute atomic E-state index is 0.156. The van der Waals surface area contributed by atoms with Gasteiger partial charge >= 0.3 is 11.9 Å². The van der Waals surface area contributed by atoms with E-state index in [0.717, 1.165) is 0 Å². The Kier molecular flexibility index (Phi) is 6.61. The maximum absolute atomic E-state index is 12.3. The highest BCUT2D eigenvalue weighted by atomic mass is 35.5. The van der Waals surface area contributed by atoms with E-state index in [0.29, 0.717) is 0 Å². The Hall–Kier alpha value is -3.48. The fraction of sp³-hybridized carbons (Fsp3) is 0. The first kappa shape index (κ1) is 21.2. The molecule has 3 aromatic carbocycles. The molecule has 3 rings (SSSR count). The van der Waals surface area contributed by atoms with Gasteiger partial charge in [0, 0.05) is 11.1 Å². The van der Waals surface area contributed by atoms with Crippen molar-refractivity contribution in [2.45, 2.75) is 0 Å². The molecule has 0 aliphatic heterocycles. The van der Waals surface area contributed by atoms with Crippen molar-refractivity contribution < 1.29 is 28.7 Å². The van der Waals surface area contributed by atoms with Crippen LogP contribution in [0.3, 0.4) is 0 Å². The number of esters is 2. The summed E-state index contributed by atoms with van der Waals surface area (Å²) < 4.78 is 10.4. The van der Waals surface area contributed by atoms with Gasteiger partial charge in [-0.1, -0.05) is 12.1 Å². The molecule has 0 aliphatic carbocycles. The van der Waals surface area contributed by atoms with Crippen LogP contribution in [0, 0.1) is 0 Å². The summed E-state index contributed by atoms with van der Waals surface area (Å²) in [6, 6.07) is 17.3. The molecule has 0 bridgehead atoms. The lowest BCUT2D eigenvalue weighted by Gasteiger charge is -2.07. The van der Waals surface area contributed by atoms with E-state index in [1.165, 1.54) is 72.8 Å². The highest BCUT2D eigenvalue weighted by molar-refractivity contribution is 6.68. The molecule has 0 aliphatic rings. The van der Waals surface area contributed by atoms with Crippen molar-refractivity contribution in [3.63, 3.8) is 0 Å². The molecule has 3 aromatic rings. The normalized spacial score (nSPS) is 10.2. The van der Waals surface area contributed by atoms with E-state index in [2.05, 4.69) is 0 Å². The third kappa shape index (κ3) is 5.31. The van der Waals surface area contributed by atoms with Crippen molar-refractivity contribution in [1.29, 1.82) is 0 Å². The first-order valence-electron chi connectivity index (χ1n) is 8.48. The van der Waals surface area contributed by atoms with Crippen LogP contribution in [-0.2, 0) is 0 Å². The summed E-state index contributed by atoms with van der Waals surface area (Å²) >= 11 is 10.8. The molecular weight excluding hydrogens is 431 g/mol. The summed E-state index contributed by atoms with van der Waals surface area (Å²) in [4.78, 5) is 46.9. The number of rotatable bonds is 6. The van der Waals surface area contributed by atoms with E-state index in [9.17, 15) is 19.2 Å². The second-order valence-corrected chi connectivity index (χ2v) is 6.65. The Morgan fingerprint density at radius 1 is 0.533 bits per heavy atom. The summed E-state index contributed by atoms with van der Waals surface area (Å²) in [6.07, 6.45) is 0. The van der Waals surface area contributed by atoms with Crippen LogP contribution in [0.2, 0.25) is 0 Å². The van der Waals surface area contributed by atoms with E-state index in [1.54, 1.807) is 0 Å². The number of benzene rings is 3. The molecule has 0 heterocycles. The Morgan fingerprint density at radius 3 is 1.23 bits per heavy atom. The Morgan fingerprint density at radius 2 is 0.900 bits per heavy atom. The molecule has 0 spiro atoms. The molecular formula is C22H12Cl2O6. The predicted molar refractivity (Wildman–Crippen MR) is 110 cm³/mol. The highest BCUT2D eigenvalue weighted by Crippen LogP contribution is 2.19. The summed E-state index contributed by atoms with van der Waals surface area (Å²) in [7, 11) is 0. The van der Waals surface area contributed by atoms with Crippen LogP contribution in [0.5, 0.6) is 11.5 Å². The quantitative estimate of drug-likeness (QED) is 0.307. The van der Waals surface area contributed by atoms with Gasteiger partial charge in [-0.05, 0) is 83.9 Å². The predicted octanol–water partition coefficient (Wildman–Crippen LogP) is 4.88. The van der Waals surface area contributed by atoms with Gasteiger partial charge in [0.1, 0.15) is 11.5 Å². The van der Waals surface area contributed by atoms with E-state index < -0.39 is 22.4 Å². The number of carbonyl (C=O) groups excluding carboxylic acids is 4. The first-order valence-corrected chi connectivity index (χ1v) is 9.23. The standard InChI is InChI=1S/C22H12Cl2O6/c23-19(25)15-3-1-5-17(11-15)29-21(27)13-7-9-14(10-8-13)22(28)30-18-6-2-4-16(12-18)20(24)26/h1-12H. The minimum atomic E-state index is -0.678. The van der Waals surface area contributed by atoms with E-state index >= 15 is 0 Å². The van der Waals surface area contributed by atoms with E-state index in [1.807, 2.05) is 0 Å². The summed E-state index contributed by atoms with van der Waals surface area (Å²) in [5.41, 5.74) is 0.757. The van der Waals surface area contributed by atoms with Crippen molar-refractivity contribution in [2.75, 3.05) is 0 Å². The van der Waals surface area contributed by atoms with Crippen molar-refractivity contribution in [2.24, 2.45) is 0 Å². The average molecular weight is 443 g/mol. The van der Waals surface area contributed by atoms with Crippen LogP contribution >= 0.6 is 23.2 Å². The number of ether oxygens (including phenoxy) is 2. The van der Waals surface area contributed by atoms with Gasteiger partial charge in [-0.25, -0.2) is 9.59 Å². The fourth-order valence-corrected chi connectivity index (χ4v) is 2.67. The topological polar surface area (TPSA) is 86.7 Å². The lowest BCUT2D eigenvalue weighted by Crippen LogP contribution is -2.11. The molecule has 0 saturated heterocycles. The second-order valence-electron chi connectivity index (χ2n) is 5.96. The maximum Gasteiger partial charge on any atom is 0.343 e. The maximum atomic E-state index is 12.3. The highest BCUT2D eigenvalue weighted by Gasteiger charge is 2.14. The van der Waals surface area contributed by atoms with Crippen molar-refractivity contribution in [3.05, 3.63) is 95.1 Å². The number of hydrogen-bond acceptors (Lipinski definition) is 6. The van der Waals surface area contributed by atoms with Crippen LogP contribution in [0.25, 0.3) is 0 Å². The first-order chi connectivity index (χ1) is 14.3. The van der Waals surface area contributed by atoms with Crippen LogP contribution in [-0.4, -0.2) is 22.4 Å². The monoisotopic (exact) mass is 442 g/mol. The third-order valence-electron chi connectivity index (χ3n) is 3.90. The van der Waals surface area contributed by atoms with Gasteiger partial charge in [0.2, 0.25) is 0 Å². The van der Waals surface area contributed by atoms with Gasteiger partial charge in [0.25, 0.3) is 10.5 Å². The van der Waals surface area contributed by atoms with Gasteiger partial charge in [0.15, 0.2) is 0 Å². The zero-order valence-corrected chi connectivity index (χ0v) is 16.6. The molecule has 150 valence electrons. The summed E-state index contributed by atoms with van der Waals surface area (Å²) in [5.74, 6) is -1.04. The zero-order valence-electron chi connectivity index (χ0n) is 15.1. The molecule has 0 amide bonds. The number of carbonyl (C=O) groups is 4. The van der Waals surface area contributed by atoms with Crippen LogP contribution in [0.4, 0.5) is 0 Å². The van der Waals surface area contributed by atoms with Gasteiger partial charge in [-0.2, -0.15) is 0 Å². The van der Waals surface area contributed by atoms with Crippen molar-refractivity contribution in [1.82, 2.24) is 0 Å². The molecule has 0 saturated carbocycles. The molecule has 6 nitrogen and oxygen atoms in total. The van der Waals surface area contributed by atoms with Crippen molar-refractivity contribution >= 4 is 45.6 Å². The Bertz CT molecular complexity index is 1050. The zero-order chi connectivity index (χ0) is 21.7. The third-order valence-corrected chi connectivity index (χ3v) is 4.34. The van der Waals surface area contributed by atoms with Gasteiger partial charge < -0.3 is 9.47 Å². The Balaban J connectivity index is 1.68. The fourth-order valence-electron chi connectivity index (χ4n) is 2.44. The summed E-state index contributed by atoms with van der Waals surface area (Å²) in [6.45, 7) is 0. The largest absolute Gasteiger partial charge is 0.423 e. The minimum Gasteiger partial charge on any atom is -0.423 e. The van der Waals surface area contributed by atoms with Crippen molar-refractivity contribution in [3.8, 4) is 11.5 Å². The molecule has 0 N–H and O–H groups in total. The molecule has 0 aromatic heterocycles. The SMILES string of the molecule is O=C(Cl)c1cccc(OC(=O)c2ccc(C(=O)Oc3cccc(C(=O)Cl)c3)cc2)c1. The summed E-state index contributed by atoms with van der Waals surface area (Å²) in [5, 5.41) is -1.34. The molecule has 8 heteroatoms. The molecule has 0 fully saturated rings. The molecule has 0 unspecified atom stereocenters. The smallest absolute Gasteiger partial charge is 0.343 e. The van der Waals surface area contributed by atoms with E-state index in [4.69, 9.17) is 32.7 Å². The van der Waals surface area contributed by atoms with Gasteiger partial charge in [0.05, 0.1) is 11.1 Å². The van der Waals surface area contributed by atoms with Gasteiger partial charge in [-0.3, -0.25) is 9.59 Å². The molecule has 0 atom stereocenters. The molecule has 30 heavy (non-hydrogen) atoms. The van der Waals surface area contributed by atoms with Gasteiger partial charge in [-0.15, -0.1) is 0 Å². The Labute approximate surface area is 180 Å². The molecule has 0 radical (unpaired) electrons. The second kappa shape index (κ2) is 9.35. The lowest BCUT2D eigenvalue weighted by molar-refractivity contribution is 0.0720. The average Bonchev–Trinajstić information content (AvgIpc) is 2.74. The van der Waals surface area contributed by atoms with Crippen LogP contribution in [0.1, 0.15) is 41.4 Å². The number of hydrogen-bond donors (Lipinski definition) is 0. The number of halogens is 2. The van der Waals surface area contributed by atoms with Crippen LogP contribution < -0.4 is 9.47 Å². The van der Waals surface area contributed by atoms with E-state index in [-0.39, 0.29) is 33.8 Å².